The number of hydrogen-bond donors (Lipinski definition) is 1. The second kappa shape index (κ2) is 4.20. The van der Waals surface area contributed by atoms with E-state index in [0.29, 0.717) is 6.04 Å². The molecule has 0 spiro atoms. The van der Waals surface area contributed by atoms with Crippen LogP contribution in [0.3, 0.4) is 0 Å². The number of rotatable bonds is 4. The first kappa shape index (κ1) is 13.3. The monoisotopic (exact) mass is 315 g/mol. The van der Waals surface area contributed by atoms with Crippen molar-refractivity contribution in [3.05, 3.63) is 34.0 Å². The first-order valence-corrected chi connectivity index (χ1v) is 9.18. The summed E-state index contributed by atoms with van der Waals surface area (Å²) < 4.78 is 2.46. The molecule has 4 nitrogen and oxygen atoms in total. The van der Waals surface area contributed by atoms with Crippen LogP contribution >= 0.6 is 11.3 Å². The van der Waals surface area contributed by atoms with Gasteiger partial charge < -0.3 is 9.67 Å². The molecular weight excluding hydrogens is 294 g/mol. The molecule has 3 fully saturated rings. The van der Waals surface area contributed by atoms with E-state index in [-0.39, 0.29) is 16.9 Å². The fraction of sp³-hybridized carbons (Fsp3) is 0.647. The lowest BCUT2D eigenvalue weighted by Crippen LogP contribution is -2.47. The van der Waals surface area contributed by atoms with Crippen molar-refractivity contribution in [2.45, 2.75) is 68.4 Å². The lowest BCUT2D eigenvalue weighted by molar-refractivity contribution is 0.0334. The van der Waals surface area contributed by atoms with Gasteiger partial charge in [0.15, 0.2) is 0 Å². The highest BCUT2D eigenvalue weighted by Gasteiger charge is 2.54. The number of aliphatic hydroxyl groups is 1. The molecule has 0 aliphatic heterocycles. The van der Waals surface area contributed by atoms with Crippen LogP contribution in [0.15, 0.2) is 17.5 Å². The smallest absolute Gasteiger partial charge is 0.145 e. The van der Waals surface area contributed by atoms with Gasteiger partial charge in [-0.05, 0) is 50.0 Å². The second-order valence-electron chi connectivity index (χ2n) is 7.63. The minimum atomic E-state index is -0.202. The molecule has 0 atom stereocenters. The number of aliphatic hydroxyl groups excluding tert-OH is 1. The van der Waals surface area contributed by atoms with Crippen molar-refractivity contribution < 1.29 is 5.11 Å². The van der Waals surface area contributed by atoms with Gasteiger partial charge in [0.25, 0.3) is 0 Å². The standard InChI is InChI=1S/C17H21N3OS/c1-16(6-7-16)14-18-19-15(20(14)11-4-5-11)17(9-12(21)10-17)13-3-2-8-22-13/h2-3,8,11-12,21H,4-7,9-10H2,1H3/t12-,17-. The van der Waals surface area contributed by atoms with E-state index in [9.17, 15) is 5.11 Å². The van der Waals surface area contributed by atoms with E-state index < -0.39 is 0 Å². The van der Waals surface area contributed by atoms with Gasteiger partial charge in [-0.25, -0.2) is 0 Å². The fourth-order valence-electron chi connectivity index (χ4n) is 3.91. The molecule has 2 aromatic rings. The maximum atomic E-state index is 10.0. The van der Waals surface area contributed by atoms with Crippen molar-refractivity contribution in [1.29, 1.82) is 0 Å². The SMILES string of the molecule is CC1(c2nnc([C@]3(c4cccs4)C[C@@H](O)C3)n2C2CC2)CC1. The van der Waals surface area contributed by atoms with Crippen LogP contribution in [0.1, 0.15) is 68.0 Å². The topological polar surface area (TPSA) is 50.9 Å². The molecule has 3 aliphatic carbocycles. The maximum Gasteiger partial charge on any atom is 0.145 e. The summed E-state index contributed by atoms with van der Waals surface area (Å²) in [4.78, 5) is 1.33. The summed E-state index contributed by atoms with van der Waals surface area (Å²) in [6, 6.07) is 4.89. The van der Waals surface area contributed by atoms with Crippen LogP contribution in [0.4, 0.5) is 0 Å². The Bertz CT molecular complexity index is 706. The summed E-state index contributed by atoms with van der Waals surface area (Å²) in [5.41, 5.74) is 0.138. The average Bonchev–Trinajstić information content (AvgIpc) is 3.33. The van der Waals surface area contributed by atoms with Crippen molar-refractivity contribution in [3.8, 4) is 0 Å². The predicted molar refractivity (Wildman–Crippen MR) is 85.2 cm³/mol. The fourth-order valence-corrected chi connectivity index (χ4v) is 4.85. The third-order valence-corrected chi connectivity index (χ3v) is 6.81. The summed E-state index contributed by atoms with van der Waals surface area (Å²) in [5.74, 6) is 2.31. The van der Waals surface area contributed by atoms with E-state index in [1.54, 1.807) is 11.3 Å². The molecule has 5 rings (SSSR count). The van der Waals surface area contributed by atoms with E-state index in [2.05, 4.69) is 39.2 Å². The molecule has 116 valence electrons. The highest BCUT2D eigenvalue weighted by molar-refractivity contribution is 7.10. The molecule has 5 heteroatoms. The first-order chi connectivity index (χ1) is 10.6. The predicted octanol–water partition coefficient (Wildman–Crippen LogP) is 3.17. The van der Waals surface area contributed by atoms with E-state index in [4.69, 9.17) is 0 Å². The lowest BCUT2D eigenvalue weighted by Gasteiger charge is -2.44. The van der Waals surface area contributed by atoms with E-state index in [1.165, 1.54) is 36.4 Å². The second-order valence-corrected chi connectivity index (χ2v) is 8.58. The third kappa shape index (κ3) is 1.72. The zero-order valence-corrected chi connectivity index (χ0v) is 13.6. The highest BCUT2D eigenvalue weighted by atomic mass is 32.1. The van der Waals surface area contributed by atoms with Gasteiger partial charge in [-0.2, -0.15) is 0 Å². The molecule has 3 saturated carbocycles. The van der Waals surface area contributed by atoms with Gasteiger partial charge in [-0.15, -0.1) is 21.5 Å². The van der Waals surface area contributed by atoms with Crippen molar-refractivity contribution in [3.63, 3.8) is 0 Å². The zero-order chi connectivity index (χ0) is 14.9. The molecule has 1 N–H and O–H groups in total. The molecule has 0 radical (unpaired) electrons. The van der Waals surface area contributed by atoms with Crippen LogP contribution in [0, 0.1) is 0 Å². The Kier molecular flexibility index (Phi) is 2.53. The summed E-state index contributed by atoms with van der Waals surface area (Å²) >= 11 is 1.78. The number of thiophene rings is 1. The van der Waals surface area contributed by atoms with Crippen molar-refractivity contribution in [2.24, 2.45) is 0 Å². The molecule has 0 amide bonds. The molecule has 0 bridgehead atoms. The Morgan fingerprint density at radius 3 is 2.50 bits per heavy atom. The van der Waals surface area contributed by atoms with Crippen molar-refractivity contribution >= 4 is 11.3 Å². The van der Waals surface area contributed by atoms with E-state index in [0.717, 1.165) is 18.7 Å². The zero-order valence-electron chi connectivity index (χ0n) is 12.8. The Morgan fingerprint density at radius 2 is 1.95 bits per heavy atom. The van der Waals surface area contributed by atoms with Gasteiger partial charge in [0.1, 0.15) is 11.6 Å². The van der Waals surface area contributed by atoms with Gasteiger partial charge in [0.2, 0.25) is 0 Å². The van der Waals surface area contributed by atoms with Crippen LogP contribution in [-0.4, -0.2) is 26.0 Å². The number of aromatic nitrogens is 3. The summed E-state index contributed by atoms with van der Waals surface area (Å²) in [6.45, 7) is 2.31. The largest absolute Gasteiger partial charge is 0.393 e. The molecule has 0 saturated heterocycles. The summed E-state index contributed by atoms with van der Waals surface area (Å²) in [7, 11) is 0. The van der Waals surface area contributed by atoms with E-state index >= 15 is 0 Å². The minimum Gasteiger partial charge on any atom is -0.393 e. The maximum absolute atomic E-state index is 10.0. The molecular formula is C17H21N3OS. The molecule has 22 heavy (non-hydrogen) atoms. The Labute approximate surface area is 134 Å². The third-order valence-electron chi connectivity index (χ3n) is 5.74. The van der Waals surface area contributed by atoms with Crippen molar-refractivity contribution in [1.82, 2.24) is 14.8 Å². The summed E-state index contributed by atoms with van der Waals surface area (Å²) in [6.07, 6.45) is 6.32. The van der Waals surface area contributed by atoms with Gasteiger partial charge in [-0.1, -0.05) is 13.0 Å². The molecule has 2 heterocycles. The normalized spacial score (nSPS) is 32.7. The molecule has 0 aromatic carbocycles. The van der Waals surface area contributed by atoms with Crippen LogP contribution < -0.4 is 0 Å². The summed E-state index contributed by atoms with van der Waals surface area (Å²) in [5, 5.41) is 21.4. The Balaban J connectivity index is 1.66. The van der Waals surface area contributed by atoms with Crippen molar-refractivity contribution in [2.75, 3.05) is 0 Å². The average molecular weight is 315 g/mol. The number of hydrogen-bond acceptors (Lipinski definition) is 4. The van der Waals surface area contributed by atoms with Crippen LogP contribution in [0.2, 0.25) is 0 Å². The van der Waals surface area contributed by atoms with Gasteiger partial charge in [0, 0.05) is 16.3 Å². The lowest BCUT2D eigenvalue weighted by atomic mass is 9.65. The Hall–Kier alpha value is -1.20. The van der Waals surface area contributed by atoms with Crippen LogP contribution in [0.5, 0.6) is 0 Å². The molecule has 2 aromatic heterocycles. The van der Waals surface area contributed by atoms with Gasteiger partial charge in [0.05, 0.1) is 11.5 Å². The molecule has 3 aliphatic rings. The molecule has 0 unspecified atom stereocenters. The number of nitrogens with zero attached hydrogens (tertiary/aromatic N) is 3. The first-order valence-electron chi connectivity index (χ1n) is 8.30. The van der Waals surface area contributed by atoms with Crippen LogP contribution in [0.25, 0.3) is 0 Å². The van der Waals surface area contributed by atoms with Gasteiger partial charge >= 0.3 is 0 Å². The highest BCUT2D eigenvalue weighted by Crippen LogP contribution is 2.55. The van der Waals surface area contributed by atoms with E-state index in [1.807, 2.05) is 0 Å². The quantitative estimate of drug-likeness (QED) is 0.943. The van der Waals surface area contributed by atoms with Crippen LogP contribution in [-0.2, 0) is 10.8 Å². The Morgan fingerprint density at radius 1 is 1.23 bits per heavy atom. The minimum absolute atomic E-state index is 0.104. The van der Waals surface area contributed by atoms with Gasteiger partial charge in [-0.3, -0.25) is 0 Å².